The highest BCUT2D eigenvalue weighted by Crippen LogP contribution is 2.28. The second kappa shape index (κ2) is 5.75. The van der Waals surface area contributed by atoms with Crippen molar-refractivity contribution in [1.29, 1.82) is 0 Å². The highest BCUT2D eigenvalue weighted by Gasteiger charge is 2.23. The predicted molar refractivity (Wildman–Crippen MR) is 83.1 cm³/mol. The van der Waals surface area contributed by atoms with Gasteiger partial charge in [0.05, 0.1) is 0 Å². The topological polar surface area (TPSA) is 73.0 Å². The molecule has 0 atom stereocenters. The third kappa shape index (κ3) is 2.54. The van der Waals surface area contributed by atoms with E-state index < -0.39 is 0 Å². The Morgan fingerprint density at radius 2 is 1.86 bits per heavy atom. The van der Waals surface area contributed by atoms with E-state index in [1.54, 1.807) is 19.6 Å². The number of hydrogen-bond donors (Lipinski definition) is 0. The van der Waals surface area contributed by atoms with Gasteiger partial charge in [0, 0.05) is 51.1 Å². The van der Waals surface area contributed by atoms with Crippen LogP contribution in [0.5, 0.6) is 0 Å². The minimum atomic E-state index is -0.291. The zero-order valence-corrected chi connectivity index (χ0v) is 12.8. The largest absolute Gasteiger partial charge is 0.358 e. The molecule has 116 valence electrons. The average Bonchev–Trinajstić information content (AvgIpc) is 2.57. The van der Waals surface area contributed by atoms with Crippen molar-refractivity contribution in [1.82, 2.24) is 19.1 Å². The minimum Gasteiger partial charge on any atom is -0.358 e. The Morgan fingerprint density at radius 3 is 2.50 bits per heavy atom. The molecule has 2 aromatic heterocycles. The summed E-state index contributed by atoms with van der Waals surface area (Å²) in [4.78, 5) is 34.2. The first-order valence-electron chi connectivity index (χ1n) is 7.36. The van der Waals surface area contributed by atoms with Gasteiger partial charge in [0.2, 0.25) is 0 Å². The van der Waals surface area contributed by atoms with E-state index in [0.29, 0.717) is 11.7 Å². The van der Waals surface area contributed by atoms with Crippen LogP contribution < -0.4 is 16.1 Å². The Hall–Kier alpha value is -2.44. The molecule has 0 radical (unpaired) electrons. The Labute approximate surface area is 127 Å². The maximum Gasteiger partial charge on any atom is 0.332 e. The molecule has 0 bridgehead atoms. The Balaban J connectivity index is 1.80. The van der Waals surface area contributed by atoms with Gasteiger partial charge in [-0.05, 0) is 18.9 Å². The minimum absolute atomic E-state index is 0.268. The van der Waals surface area contributed by atoms with Gasteiger partial charge in [-0.15, -0.1) is 0 Å². The van der Waals surface area contributed by atoms with Gasteiger partial charge in [0.25, 0.3) is 5.56 Å². The van der Waals surface area contributed by atoms with Crippen molar-refractivity contribution in [2.75, 3.05) is 18.0 Å². The maximum absolute atomic E-state index is 12.0. The molecule has 1 fully saturated rings. The first kappa shape index (κ1) is 14.5. The molecule has 2 aromatic rings. The molecule has 0 amide bonds. The van der Waals surface area contributed by atoms with Crippen LogP contribution in [0.3, 0.4) is 0 Å². The lowest BCUT2D eigenvalue weighted by atomic mass is 9.93. The summed E-state index contributed by atoms with van der Waals surface area (Å²) in [5.74, 6) is 1.09. The van der Waals surface area contributed by atoms with E-state index in [1.807, 2.05) is 6.07 Å². The smallest absolute Gasteiger partial charge is 0.332 e. The van der Waals surface area contributed by atoms with E-state index in [-0.39, 0.29) is 11.2 Å². The number of nitrogens with zero attached hydrogens (tertiary/aromatic N) is 5. The SMILES string of the molecule is Cn1c(N2CCC(c3ccncn3)CC2)cc(=O)n(C)c1=O. The molecule has 0 aliphatic carbocycles. The van der Waals surface area contributed by atoms with Crippen molar-refractivity contribution in [2.45, 2.75) is 18.8 Å². The number of rotatable bonds is 2. The molecular formula is C15H19N5O2. The van der Waals surface area contributed by atoms with Crippen LogP contribution in [0.1, 0.15) is 24.5 Å². The van der Waals surface area contributed by atoms with Gasteiger partial charge in [-0.2, -0.15) is 0 Å². The van der Waals surface area contributed by atoms with E-state index in [2.05, 4.69) is 14.9 Å². The van der Waals surface area contributed by atoms with E-state index in [9.17, 15) is 9.59 Å². The number of anilines is 1. The first-order valence-corrected chi connectivity index (χ1v) is 7.36. The highest BCUT2D eigenvalue weighted by molar-refractivity contribution is 5.39. The normalized spacial score (nSPS) is 16.0. The van der Waals surface area contributed by atoms with Crippen LogP contribution in [0.4, 0.5) is 5.82 Å². The molecule has 0 N–H and O–H groups in total. The second-order valence-electron chi connectivity index (χ2n) is 5.64. The van der Waals surface area contributed by atoms with Crippen molar-refractivity contribution in [3.05, 3.63) is 51.2 Å². The van der Waals surface area contributed by atoms with Gasteiger partial charge in [0.1, 0.15) is 12.1 Å². The molecule has 3 heterocycles. The predicted octanol–water partition coefficient (Wildman–Crippen LogP) is 0.258. The van der Waals surface area contributed by atoms with Crippen LogP contribution in [0, 0.1) is 0 Å². The molecule has 1 aliphatic rings. The van der Waals surface area contributed by atoms with Crippen molar-refractivity contribution >= 4 is 5.82 Å². The van der Waals surface area contributed by atoms with E-state index >= 15 is 0 Å². The van der Waals surface area contributed by atoms with Crippen molar-refractivity contribution in [2.24, 2.45) is 14.1 Å². The van der Waals surface area contributed by atoms with Crippen LogP contribution >= 0.6 is 0 Å². The number of piperidine rings is 1. The fourth-order valence-electron chi connectivity index (χ4n) is 2.97. The van der Waals surface area contributed by atoms with E-state index in [0.717, 1.165) is 36.2 Å². The summed E-state index contributed by atoms with van der Waals surface area (Å²) in [6.07, 6.45) is 5.23. The average molecular weight is 301 g/mol. The van der Waals surface area contributed by atoms with Gasteiger partial charge in [0.15, 0.2) is 0 Å². The summed E-state index contributed by atoms with van der Waals surface area (Å²) in [5, 5.41) is 0. The Bertz CT molecular complexity index is 773. The number of hydrogen-bond acceptors (Lipinski definition) is 5. The molecule has 3 rings (SSSR count). The summed E-state index contributed by atoms with van der Waals surface area (Å²) in [6, 6.07) is 3.49. The van der Waals surface area contributed by atoms with Gasteiger partial charge in [-0.25, -0.2) is 14.8 Å². The van der Waals surface area contributed by atoms with Crippen LogP contribution in [-0.4, -0.2) is 32.2 Å². The zero-order valence-electron chi connectivity index (χ0n) is 12.8. The maximum atomic E-state index is 12.0. The highest BCUT2D eigenvalue weighted by atomic mass is 16.2. The molecule has 0 saturated carbocycles. The Kier molecular flexibility index (Phi) is 3.79. The van der Waals surface area contributed by atoms with Gasteiger partial charge >= 0.3 is 5.69 Å². The van der Waals surface area contributed by atoms with Crippen molar-refractivity contribution in [3.63, 3.8) is 0 Å². The molecule has 0 unspecified atom stereocenters. The lowest BCUT2D eigenvalue weighted by Gasteiger charge is -2.34. The quantitative estimate of drug-likeness (QED) is 0.795. The molecule has 22 heavy (non-hydrogen) atoms. The number of aromatic nitrogens is 4. The standard InChI is InChI=1S/C15H19N5O2/c1-18-13(9-14(21)19(2)15(18)22)20-7-4-11(5-8-20)12-3-6-16-10-17-12/h3,6,9-11H,4-5,7-8H2,1-2H3. The molecule has 0 aromatic carbocycles. The Morgan fingerprint density at radius 1 is 1.14 bits per heavy atom. The molecule has 7 heteroatoms. The monoisotopic (exact) mass is 301 g/mol. The summed E-state index contributed by atoms with van der Waals surface area (Å²) >= 11 is 0. The van der Waals surface area contributed by atoms with Gasteiger partial charge in [-0.1, -0.05) is 0 Å². The van der Waals surface area contributed by atoms with Gasteiger partial charge in [-0.3, -0.25) is 13.9 Å². The molecule has 0 spiro atoms. The molecule has 7 nitrogen and oxygen atoms in total. The third-order valence-electron chi connectivity index (χ3n) is 4.34. The van der Waals surface area contributed by atoms with Crippen LogP contribution in [0.25, 0.3) is 0 Å². The summed E-state index contributed by atoms with van der Waals surface area (Å²) in [6.45, 7) is 1.60. The summed E-state index contributed by atoms with van der Waals surface area (Å²) in [7, 11) is 3.20. The van der Waals surface area contributed by atoms with E-state index in [1.165, 1.54) is 17.7 Å². The molecule has 1 aliphatic heterocycles. The molecule has 1 saturated heterocycles. The summed E-state index contributed by atoms with van der Waals surface area (Å²) < 4.78 is 2.66. The fraction of sp³-hybridized carbons (Fsp3) is 0.467. The van der Waals surface area contributed by atoms with Gasteiger partial charge < -0.3 is 4.90 Å². The van der Waals surface area contributed by atoms with Crippen molar-refractivity contribution < 1.29 is 0 Å². The second-order valence-corrected chi connectivity index (χ2v) is 5.64. The van der Waals surface area contributed by atoms with Crippen LogP contribution in [0.2, 0.25) is 0 Å². The van der Waals surface area contributed by atoms with Crippen molar-refractivity contribution in [3.8, 4) is 0 Å². The lowest BCUT2D eigenvalue weighted by Crippen LogP contribution is -2.42. The zero-order chi connectivity index (χ0) is 15.7. The lowest BCUT2D eigenvalue weighted by molar-refractivity contribution is 0.486. The van der Waals surface area contributed by atoms with Crippen LogP contribution in [-0.2, 0) is 14.1 Å². The molecular weight excluding hydrogens is 282 g/mol. The summed E-state index contributed by atoms with van der Waals surface area (Å²) in [5.41, 5.74) is 0.504. The third-order valence-corrected chi connectivity index (χ3v) is 4.34. The van der Waals surface area contributed by atoms with Crippen LogP contribution in [0.15, 0.2) is 34.2 Å². The fourth-order valence-corrected chi connectivity index (χ4v) is 2.97. The van der Waals surface area contributed by atoms with E-state index in [4.69, 9.17) is 0 Å². The first-order chi connectivity index (χ1) is 10.6.